The normalized spacial score (nSPS) is 13.7. The first kappa shape index (κ1) is 33.6. The molecule has 0 amide bonds. The molecule has 0 N–H and O–H groups in total. The van der Waals surface area contributed by atoms with Crippen molar-refractivity contribution in [3.8, 4) is 0 Å². The van der Waals surface area contributed by atoms with Gasteiger partial charge in [-0.2, -0.15) is 0 Å². The van der Waals surface area contributed by atoms with Gasteiger partial charge in [0.15, 0.2) is 6.10 Å². The van der Waals surface area contributed by atoms with Crippen molar-refractivity contribution in [3.63, 3.8) is 0 Å². The minimum Gasteiger partial charge on any atom is -0.550 e. The number of carboxylic acid groups (broad SMARTS) is 1. The number of esters is 1. The summed E-state index contributed by atoms with van der Waals surface area (Å²) in [7, 11) is 5.72. The molecule has 1 atom stereocenters. The molecular formula is C31H51NO4. The maximum atomic E-state index is 11.9. The Morgan fingerprint density at radius 3 is 1.69 bits per heavy atom. The maximum absolute atomic E-state index is 11.9. The van der Waals surface area contributed by atoms with Gasteiger partial charge in [-0.25, -0.2) is 4.79 Å². The van der Waals surface area contributed by atoms with E-state index in [1.165, 1.54) is 76.7 Å². The number of unbranched alkanes of at least 4 members (excludes halogenated alkanes) is 11. The van der Waals surface area contributed by atoms with Crippen LogP contribution in [0.1, 0.15) is 90.4 Å². The van der Waals surface area contributed by atoms with Crippen LogP contribution in [0, 0.1) is 0 Å². The molecule has 0 aromatic carbocycles. The number of hydrogen-bond donors (Lipinski definition) is 0. The SMILES string of the molecule is CCCCCCCCCCCCCC=CC=CC=CC=CC=CC(=O)OC(CC(=O)[O-])C[N+](C)(C)C. The topological polar surface area (TPSA) is 66.4 Å². The first-order valence-electron chi connectivity index (χ1n) is 13.8. The summed E-state index contributed by atoms with van der Waals surface area (Å²) in [6.45, 7) is 2.66. The van der Waals surface area contributed by atoms with Gasteiger partial charge in [-0.05, 0) is 12.8 Å². The molecular weight excluding hydrogens is 450 g/mol. The first-order valence-corrected chi connectivity index (χ1v) is 13.8. The molecule has 0 aliphatic carbocycles. The van der Waals surface area contributed by atoms with Crippen molar-refractivity contribution in [3.05, 3.63) is 60.8 Å². The molecule has 0 fully saturated rings. The van der Waals surface area contributed by atoms with Crippen LogP contribution in [0.25, 0.3) is 0 Å². The van der Waals surface area contributed by atoms with Crippen LogP contribution in [0.15, 0.2) is 60.8 Å². The highest BCUT2D eigenvalue weighted by atomic mass is 16.5. The van der Waals surface area contributed by atoms with Gasteiger partial charge < -0.3 is 19.1 Å². The van der Waals surface area contributed by atoms with Crippen LogP contribution in [-0.2, 0) is 14.3 Å². The number of allylic oxidation sites excluding steroid dienone is 9. The Morgan fingerprint density at radius 2 is 1.19 bits per heavy atom. The molecule has 5 heteroatoms. The highest BCUT2D eigenvalue weighted by Crippen LogP contribution is 2.12. The second-order valence-corrected chi connectivity index (χ2v) is 10.4. The van der Waals surface area contributed by atoms with E-state index in [4.69, 9.17) is 4.74 Å². The molecule has 0 radical (unpaired) electrons. The third-order valence-electron chi connectivity index (χ3n) is 5.55. The third kappa shape index (κ3) is 26.2. The molecule has 1 unspecified atom stereocenters. The fourth-order valence-corrected chi connectivity index (χ4v) is 3.76. The van der Waals surface area contributed by atoms with E-state index in [0.29, 0.717) is 11.0 Å². The van der Waals surface area contributed by atoms with Gasteiger partial charge in [0.1, 0.15) is 6.54 Å². The van der Waals surface area contributed by atoms with E-state index in [1.54, 1.807) is 12.2 Å². The van der Waals surface area contributed by atoms with E-state index in [9.17, 15) is 14.7 Å². The lowest BCUT2D eigenvalue weighted by Gasteiger charge is -2.28. The number of ether oxygens (including phenoxy) is 1. The number of rotatable bonds is 22. The van der Waals surface area contributed by atoms with Gasteiger partial charge in [-0.15, -0.1) is 0 Å². The van der Waals surface area contributed by atoms with Crippen LogP contribution >= 0.6 is 0 Å². The Morgan fingerprint density at radius 1 is 0.722 bits per heavy atom. The van der Waals surface area contributed by atoms with Crippen LogP contribution < -0.4 is 5.11 Å². The van der Waals surface area contributed by atoms with Crippen LogP contribution in [0.2, 0.25) is 0 Å². The summed E-state index contributed by atoms with van der Waals surface area (Å²) in [4.78, 5) is 22.8. The van der Waals surface area contributed by atoms with E-state index in [-0.39, 0.29) is 6.42 Å². The zero-order chi connectivity index (χ0) is 26.9. The molecule has 0 spiro atoms. The molecule has 0 rings (SSSR count). The molecule has 0 aliphatic heterocycles. The van der Waals surface area contributed by atoms with E-state index in [2.05, 4.69) is 19.1 Å². The summed E-state index contributed by atoms with van der Waals surface area (Å²) >= 11 is 0. The van der Waals surface area contributed by atoms with Crippen molar-refractivity contribution in [2.45, 2.75) is 96.5 Å². The molecule has 0 heterocycles. The van der Waals surface area contributed by atoms with Gasteiger partial charge in [-0.3, -0.25) is 0 Å². The predicted octanol–water partition coefficient (Wildman–Crippen LogP) is 6.23. The van der Waals surface area contributed by atoms with Crippen LogP contribution in [-0.4, -0.2) is 50.2 Å². The predicted molar refractivity (Wildman–Crippen MR) is 149 cm³/mol. The zero-order valence-electron chi connectivity index (χ0n) is 23.3. The number of hydrogen-bond acceptors (Lipinski definition) is 4. The summed E-state index contributed by atoms with van der Waals surface area (Å²) in [5, 5.41) is 10.9. The lowest BCUT2D eigenvalue weighted by molar-refractivity contribution is -0.873. The van der Waals surface area contributed by atoms with Gasteiger partial charge >= 0.3 is 5.97 Å². The van der Waals surface area contributed by atoms with Gasteiger partial charge in [0, 0.05) is 18.5 Å². The smallest absolute Gasteiger partial charge is 0.331 e. The van der Waals surface area contributed by atoms with Crippen LogP contribution in [0.5, 0.6) is 0 Å². The van der Waals surface area contributed by atoms with Gasteiger partial charge in [-0.1, -0.05) is 126 Å². The zero-order valence-corrected chi connectivity index (χ0v) is 23.3. The van der Waals surface area contributed by atoms with Crippen LogP contribution in [0.3, 0.4) is 0 Å². The fourth-order valence-electron chi connectivity index (χ4n) is 3.76. The molecule has 0 bridgehead atoms. The van der Waals surface area contributed by atoms with Gasteiger partial charge in [0.25, 0.3) is 0 Å². The van der Waals surface area contributed by atoms with Crippen molar-refractivity contribution in [2.24, 2.45) is 0 Å². The standard InChI is InChI=1S/C31H51NO4/c1-5-6-7-8-9-10-11-12-13-14-15-16-17-18-19-20-21-22-23-24-25-26-31(35)36-29(27-30(33)34)28-32(2,3)4/h17-26,29H,5-16,27-28H2,1-4H3. The fraction of sp³-hybridized carbons (Fsp3) is 0.613. The number of quaternary nitrogens is 1. The lowest BCUT2D eigenvalue weighted by atomic mass is 10.1. The number of carbonyl (C=O) groups is 2. The summed E-state index contributed by atoms with van der Waals surface area (Å²) < 4.78 is 5.74. The molecule has 0 aromatic rings. The van der Waals surface area contributed by atoms with Gasteiger partial charge in [0.05, 0.1) is 21.1 Å². The monoisotopic (exact) mass is 501 g/mol. The molecule has 0 saturated heterocycles. The molecule has 36 heavy (non-hydrogen) atoms. The number of carboxylic acids is 1. The van der Waals surface area contributed by atoms with E-state index >= 15 is 0 Å². The van der Waals surface area contributed by atoms with Crippen molar-refractivity contribution in [1.82, 2.24) is 0 Å². The molecule has 0 saturated carbocycles. The largest absolute Gasteiger partial charge is 0.550 e. The molecule has 5 nitrogen and oxygen atoms in total. The minimum atomic E-state index is -1.23. The number of likely N-dealkylation sites (N-methyl/N-ethyl adjacent to an activating group) is 1. The maximum Gasteiger partial charge on any atom is 0.331 e. The highest BCUT2D eigenvalue weighted by molar-refractivity contribution is 5.82. The molecule has 204 valence electrons. The minimum absolute atomic E-state index is 0.312. The Balaban J connectivity index is 3.89. The Bertz CT molecular complexity index is 711. The van der Waals surface area contributed by atoms with Gasteiger partial charge in [0.2, 0.25) is 0 Å². The van der Waals surface area contributed by atoms with Crippen molar-refractivity contribution >= 4 is 11.9 Å². The van der Waals surface area contributed by atoms with Crippen molar-refractivity contribution < 1.29 is 23.9 Å². The summed E-state index contributed by atoms with van der Waals surface area (Å²) in [6, 6.07) is 0. The number of nitrogens with zero attached hydrogens (tertiary/aromatic N) is 1. The van der Waals surface area contributed by atoms with E-state index < -0.39 is 18.0 Å². The second-order valence-electron chi connectivity index (χ2n) is 10.4. The Kier molecular flexibility index (Phi) is 21.5. The van der Waals surface area contributed by atoms with E-state index in [0.717, 1.165) is 6.42 Å². The second kappa shape index (κ2) is 23.0. The molecule has 0 aliphatic rings. The Hall–Kier alpha value is -2.40. The molecule has 0 aromatic heterocycles. The van der Waals surface area contributed by atoms with Crippen molar-refractivity contribution in [1.29, 1.82) is 0 Å². The first-order chi connectivity index (χ1) is 17.2. The quantitative estimate of drug-likeness (QED) is 0.0580. The average Bonchev–Trinajstić information content (AvgIpc) is 2.78. The van der Waals surface area contributed by atoms with Crippen LogP contribution in [0.4, 0.5) is 0 Å². The number of carbonyl (C=O) groups excluding carboxylic acids is 2. The number of aliphatic carboxylic acids is 1. The third-order valence-corrected chi connectivity index (χ3v) is 5.55. The summed E-state index contributed by atoms with van der Waals surface area (Å²) in [5.74, 6) is -1.79. The highest BCUT2D eigenvalue weighted by Gasteiger charge is 2.21. The summed E-state index contributed by atoms with van der Waals surface area (Å²) in [6.07, 6.45) is 33.7. The lowest BCUT2D eigenvalue weighted by Crippen LogP contribution is -2.45. The summed E-state index contributed by atoms with van der Waals surface area (Å²) in [5.41, 5.74) is 0. The average molecular weight is 502 g/mol. The Labute approximate surface area is 220 Å². The van der Waals surface area contributed by atoms with E-state index in [1.807, 2.05) is 51.5 Å². The van der Waals surface area contributed by atoms with Crippen molar-refractivity contribution in [2.75, 3.05) is 27.7 Å².